The number of halogens is 2. The molecule has 0 bridgehead atoms. The van der Waals surface area contributed by atoms with Gasteiger partial charge in [-0.1, -0.05) is 35.9 Å². The van der Waals surface area contributed by atoms with Gasteiger partial charge in [0.1, 0.15) is 24.2 Å². The van der Waals surface area contributed by atoms with Gasteiger partial charge in [0.15, 0.2) is 0 Å². The van der Waals surface area contributed by atoms with Crippen molar-refractivity contribution in [1.82, 2.24) is 10.2 Å². The van der Waals surface area contributed by atoms with Crippen LogP contribution in [0.4, 0.5) is 14.5 Å². The van der Waals surface area contributed by atoms with Crippen molar-refractivity contribution in [2.75, 3.05) is 17.4 Å². The minimum absolute atomic E-state index is 0.176. The second-order valence-electron chi connectivity index (χ2n) is 8.48. The van der Waals surface area contributed by atoms with Gasteiger partial charge in [-0.3, -0.25) is 13.9 Å². The predicted octanol–water partition coefficient (Wildman–Crippen LogP) is 4.02. The molecule has 0 fully saturated rings. The van der Waals surface area contributed by atoms with Crippen LogP contribution < -0.4 is 9.62 Å². The van der Waals surface area contributed by atoms with Crippen LogP contribution in [-0.2, 0) is 26.2 Å². The number of likely N-dealkylation sites (N-methyl/N-ethyl adjacent to an activating group) is 1. The molecule has 3 aromatic carbocycles. The van der Waals surface area contributed by atoms with E-state index in [4.69, 9.17) is 0 Å². The number of rotatable bonds is 10. The largest absolute Gasteiger partial charge is 0.355 e. The highest BCUT2D eigenvalue weighted by Crippen LogP contribution is 2.25. The Balaban J connectivity index is 2.03. The molecule has 196 valence electrons. The maximum Gasteiger partial charge on any atom is 0.264 e. The Morgan fingerprint density at radius 1 is 0.946 bits per heavy atom. The van der Waals surface area contributed by atoms with Crippen molar-refractivity contribution in [2.45, 2.75) is 38.3 Å². The molecular formula is C27H29F2N3O4S. The Hall–Kier alpha value is -3.79. The number of nitrogens with one attached hydrogen (secondary N) is 1. The molecule has 0 saturated heterocycles. The number of anilines is 1. The Bertz CT molecular complexity index is 1350. The summed E-state index contributed by atoms with van der Waals surface area (Å²) in [7, 11) is -4.30. The third kappa shape index (κ3) is 6.71. The van der Waals surface area contributed by atoms with Crippen molar-refractivity contribution in [1.29, 1.82) is 0 Å². The maximum atomic E-state index is 14.5. The molecule has 1 atom stereocenters. The number of sulfonamides is 1. The van der Waals surface area contributed by atoms with Crippen molar-refractivity contribution in [3.8, 4) is 0 Å². The van der Waals surface area contributed by atoms with Gasteiger partial charge in [-0.05, 0) is 63.2 Å². The van der Waals surface area contributed by atoms with Gasteiger partial charge in [0.05, 0.1) is 10.6 Å². The summed E-state index contributed by atoms with van der Waals surface area (Å²) in [6.07, 6.45) is 0. The van der Waals surface area contributed by atoms with Crippen LogP contribution in [-0.4, -0.2) is 44.3 Å². The quantitative estimate of drug-likeness (QED) is 0.430. The van der Waals surface area contributed by atoms with Gasteiger partial charge in [-0.15, -0.1) is 0 Å². The molecule has 7 nitrogen and oxygen atoms in total. The molecule has 0 aliphatic heterocycles. The first-order valence-electron chi connectivity index (χ1n) is 11.7. The second kappa shape index (κ2) is 12.0. The monoisotopic (exact) mass is 529 g/mol. The topological polar surface area (TPSA) is 86.8 Å². The van der Waals surface area contributed by atoms with Crippen molar-refractivity contribution < 1.29 is 26.8 Å². The van der Waals surface area contributed by atoms with E-state index in [1.807, 2.05) is 6.92 Å². The fourth-order valence-electron chi connectivity index (χ4n) is 3.69. The van der Waals surface area contributed by atoms with E-state index in [0.717, 1.165) is 39.0 Å². The normalized spacial score (nSPS) is 12.0. The summed E-state index contributed by atoms with van der Waals surface area (Å²) in [5, 5.41) is 2.64. The van der Waals surface area contributed by atoms with Crippen LogP contribution >= 0.6 is 0 Å². The number of aryl methyl sites for hydroxylation is 1. The van der Waals surface area contributed by atoms with Gasteiger partial charge in [-0.2, -0.15) is 0 Å². The van der Waals surface area contributed by atoms with Crippen molar-refractivity contribution >= 4 is 27.5 Å². The van der Waals surface area contributed by atoms with Crippen LogP contribution in [0, 0.1) is 18.6 Å². The Morgan fingerprint density at radius 2 is 1.57 bits per heavy atom. The number of carbonyl (C=O) groups is 2. The van der Waals surface area contributed by atoms with E-state index in [-0.39, 0.29) is 22.7 Å². The third-order valence-electron chi connectivity index (χ3n) is 5.82. The first-order chi connectivity index (χ1) is 17.5. The highest BCUT2D eigenvalue weighted by atomic mass is 32.2. The molecule has 1 N–H and O–H groups in total. The molecule has 10 heteroatoms. The van der Waals surface area contributed by atoms with Crippen LogP contribution in [0.25, 0.3) is 0 Å². The number of benzene rings is 3. The maximum absolute atomic E-state index is 14.5. The van der Waals surface area contributed by atoms with Gasteiger partial charge in [0.2, 0.25) is 11.8 Å². The molecule has 0 aliphatic carbocycles. The minimum Gasteiger partial charge on any atom is -0.355 e. The zero-order chi connectivity index (χ0) is 27.2. The summed E-state index contributed by atoms with van der Waals surface area (Å²) in [4.78, 5) is 27.2. The average Bonchev–Trinajstić information content (AvgIpc) is 2.87. The first kappa shape index (κ1) is 27.8. The van der Waals surface area contributed by atoms with E-state index < -0.39 is 46.1 Å². The van der Waals surface area contributed by atoms with Gasteiger partial charge < -0.3 is 10.2 Å². The lowest BCUT2D eigenvalue weighted by Crippen LogP contribution is -2.51. The molecule has 0 aromatic heterocycles. The molecule has 0 radical (unpaired) electrons. The average molecular weight is 530 g/mol. The molecule has 0 heterocycles. The predicted molar refractivity (Wildman–Crippen MR) is 137 cm³/mol. The van der Waals surface area contributed by atoms with E-state index in [2.05, 4.69) is 5.32 Å². The van der Waals surface area contributed by atoms with Gasteiger partial charge in [0, 0.05) is 18.7 Å². The lowest BCUT2D eigenvalue weighted by Gasteiger charge is -2.32. The van der Waals surface area contributed by atoms with E-state index in [0.29, 0.717) is 6.54 Å². The van der Waals surface area contributed by atoms with Crippen molar-refractivity contribution in [2.24, 2.45) is 0 Å². The van der Waals surface area contributed by atoms with E-state index >= 15 is 0 Å². The summed E-state index contributed by atoms with van der Waals surface area (Å²) < 4.78 is 56.0. The standard InChI is InChI=1S/C27H29F2N3O4S/c1-4-30-27(34)20(3)31(17-21-7-5-6-8-25(21)29)26(33)18-32(23-13-9-19(2)10-14-23)37(35,36)24-15-11-22(28)12-16-24/h5-16,20H,4,17-18H2,1-3H3,(H,30,34)/t20-/m1/s1. The lowest BCUT2D eigenvalue weighted by molar-refractivity contribution is -0.139. The number of nitrogens with zero attached hydrogens (tertiary/aromatic N) is 2. The highest BCUT2D eigenvalue weighted by molar-refractivity contribution is 7.92. The molecule has 0 aliphatic rings. The zero-order valence-electron chi connectivity index (χ0n) is 20.8. The summed E-state index contributed by atoms with van der Waals surface area (Å²) in [6.45, 7) is 4.46. The summed E-state index contributed by atoms with van der Waals surface area (Å²) in [5.41, 5.74) is 1.26. The molecule has 3 rings (SSSR count). The number of hydrogen-bond donors (Lipinski definition) is 1. The summed E-state index contributed by atoms with van der Waals surface area (Å²) >= 11 is 0. The van der Waals surface area contributed by atoms with Crippen LogP contribution in [0.3, 0.4) is 0 Å². The smallest absolute Gasteiger partial charge is 0.264 e. The fourth-order valence-corrected chi connectivity index (χ4v) is 5.10. The van der Waals surface area contributed by atoms with Crippen LogP contribution in [0.15, 0.2) is 77.7 Å². The second-order valence-corrected chi connectivity index (χ2v) is 10.3. The van der Waals surface area contributed by atoms with Gasteiger partial charge >= 0.3 is 0 Å². The number of hydrogen-bond acceptors (Lipinski definition) is 4. The van der Waals surface area contributed by atoms with Crippen LogP contribution in [0.1, 0.15) is 25.0 Å². The SMILES string of the molecule is CCNC(=O)[C@@H](C)N(Cc1ccccc1F)C(=O)CN(c1ccc(C)cc1)S(=O)(=O)c1ccc(F)cc1. The number of amides is 2. The zero-order valence-corrected chi connectivity index (χ0v) is 21.6. The van der Waals surface area contributed by atoms with Crippen LogP contribution in [0.2, 0.25) is 0 Å². The number of carbonyl (C=O) groups excluding carboxylic acids is 2. The Labute approximate surface area is 215 Å². The summed E-state index contributed by atoms with van der Waals surface area (Å²) in [6, 6.07) is 15.6. The lowest BCUT2D eigenvalue weighted by atomic mass is 10.1. The highest BCUT2D eigenvalue weighted by Gasteiger charge is 2.32. The van der Waals surface area contributed by atoms with Crippen molar-refractivity contribution in [3.05, 3.63) is 95.6 Å². The van der Waals surface area contributed by atoms with Crippen molar-refractivity contribution in [3.63, 3.8) is 0 Å². The van der Waals surface area contributed by atoms with E-state index in [9.17, 15) is 26.8 Å². The Morgan fingerprint density at radius 3 is 2.16 bits per heavy atom. The van der Waals surface area contributed by atoms with E-state index in [1.54, 1.807) is 37.3 Å². The molecule has 0 saturated carbocycles. The van der Waals surface area contributed by atoms with Crippen LogP contribution in [0.5, 0.6) is 0 Å². The molecule has 3 aromatic rings. The van der Waals surface area contributed by atoms with Gasteiger partial charge in [0.25, 0.3) is 10.0 Å². The molecule has 37 heavy (non-hydrogen) atoms. The molecular weight excluding hydrogens is 500 g/mol. The third-order valence-corrected chi connectivity index (χ3v) is 7.61. The first-order valence-corrected chi connectivity index (χ1v) is 13.1. The molecule has 0 spiro atoms. The fraction of sp³-hybridized carbons (Fsp3) is 0.259. The van der Waals surface area contributed by atoms with Gasteiger partial charge in [-0.25, -0.2) is 17.2 Å². The molecule has 2 amide bonds. The Kier molecular flexibility index (Phi) is 8.99. The minimum atomic E-state index is -4.30. The molecule has 0 unspecified atom stereocenters. The summed E-state index contributed by atoms with van der Waals surface area (Å²) in [5.74, 6) is -2.34. The van der Waals surface area contributed by atoms with E-state index in [1.165, 1.54) is 25.1 Å².